The molecule has 5 nitrogen and oxygen atoms in total. The van der Waals surface area contributed by atoms with Crippen LogP contribution in [0.1, 0.15) is 71.9 Å². The zero-order valence-electron chi connectivity index (χ0n) is 18.0. The Morgan fingerprint density at radius 1 is 1.04 bits per heavy atom. The Balaban J connectivity index is 2.79. The second-order valence-electron chi connectivity index (χ2n) is 7.90. The molecule has 1 heterocycles. The van der Waals surface area contributed by atoms with Crippen molar-refractivity contribution in [2.75, 3.05) is 19.6 Å². The van der Waals surface area contributed by atoms with Crippen LogP contribution in [0.4, 0.5) is 0 Å². The Morgan fingerprint density at radius 3 is 2.30 bits per heavy atom. The van der Waals surface area contributed by atoms with Gasteiger partial charge in [-0.25, -0.2) is 0 Å². The minimum atomic E-state index is 0.0462. The molecule has 0 aliphatic heterocycles. The van der Waals surface area contributed by atoms with Crippen molar-refractivity contribution in [1.29, 1.82) is 0 Å². The number of carbonyl (C=O) groups is 2. The summed E-state index contributed by atoms with van der Waals surface area (Å²) in [7, 11) is 2.00. The number of unbranched alkanes of at least 4 members (excludes halogenated alkanes) is 3. The van der Waals surface area contributed by atoms with Crippen molar-refractivity contribution in [3.8, 4) is 0 Å². The van der Waals surface area contributed by atoms with Gasteiger partial charge in [0, 0.05) is 38.4 Å². The number of hydrogen-bond donors (Lipinski definition) is 0. The molecule has 1 aromatic rings. The standard InChI is InChI=1S/C22H39N3O2/c1-6-8-10-13-21(26)24(15-9-7-2)18-22(27)25(16-19(3)4)17-20-12-11-14-23(20)5/h11-12,14,19H,6-10,13,15-18H2,1-5H3. The number of rotatable bonds is 13. The van der Waals surface area contributed by atoms with Gasteiger partial charge in [0.2, 0.25) is 11.8 Å². The van der Waals surface area contributed by atoms with Crippen LogP contribution in [0.5, 0.6) is 0 Å². The molecule has 2 amide bonds. The van der Waals surface area contributed by atoms with Gasteiger partial charge < -0.3 is 14.4 Å². The molecule has 0 N–H and O–H groups in total. The maximum absolute atomic E-state index is 13.0. The summed E-state index contributed by atoms with van der Waals surface area (Å²) in [4.78, 5) is 29.4. The molecule has 0 saturated heterocycles. The third-order valence-corrected chi connectivity index (χ3v) is 4.80. The molecule has 0 bridgehead atoms. The lowest BCUT2D eigenvalue weighted by atomic mass is 10.1. The van der Waals surface area contributed by atoms with E-state index in [9.17, 15) is 9.59 Å². The first-order valence-corrected chi connectivity index (χ1v) is 10.5. The fourth-order valence-corrected chi connectivity index (χ4v) is 3.14. The average Bonchev–Trinajstić information content (AvgIpc) is 3.02. The maximum Gasteiger partial charge on any atom is 0.242 e. The van der Waals surface area contributed by atoms with Crippen LogP contribution in [0.3, 0.4) is 0 Å². The summed E-state index contributed by atoms with van der Waals surface area (Å²) in [6.45, 7) is 10.7. The summed E-state index contributed by atoms with van der Waals surface area (Å²) in [5, 5.41) is 0. The van der Waals surface area contributed by atoms with E-state index in [1.54, 1.807) is 4.90 Å². The van der Waals surface area contributed by atoms with Gasteiger partial charge in [-0.1, -0.05) is 47.0 Å². The van der Waals surface area contributed by atoms with Crippen molar-refractivity contribution >= 4 is 11.8 Å². The molecule has 0 aliphatic carbocycles. The lowest BCUT2D eigenvalue weighted by Crippen LogP contribution is -2.44. The highest BCUT2D eigenvalue weighted by molar-refractivity contribution is 5.84. The second kappa shape index (κ2) is 12.6. The van der Waals surface area contributed by atoms with Crippen LogP contribution < -0.4 is 0 Å². The van der Waals surface area contributed by atoms with Crippen molar-refractivity contribution in [1.82, 2.24) is 14.4 Å². The van der Waals surface area contributed by atoms with Gasteiger partial charge in [-0.2, -0.15) is 0 Å². The first-order valence-electron chi connectivity index (χ1n) is 10.5. The fourth-order valence-electron chi connectivity index (χ4n) is 3.14. The molecule has 0 atom stereocenters. The number of hydrogen-bond acceptors (Lipinski definition) is 2. The van der Waals surface area contributed by atoms with Crippen LogP contribution in [0, 0.1) is 5.92 Å². The molecule has 27 heavy (non-hydrogen) atoms. The Labute approximate surface area is 165 Å². The van der Waals surface area contributed by atoms with Crippen LogP contribution in [-0.4, -0.2) is 45.8 Å². The van der Waals surface area contributed by atoms with Crippen LogP contribution >= 0.6 is 0 Å². The number of aromatic nitrogens is 1. The lowest BCUT2D eigenvalue weighted by Gasteiger charge is -2.29. The molecule has 0 aliphatic rings. The van der Waals surface area contributed by atoms with E-state index in [1.165, 1.54) is 0 Å². The monoisotopic (exact) mass is 377 g/mol. The first kappa shape index (κ1) is 23.3. The van der Waals surface area contributed by atoms with E-state index >= 15 is 0 Å². The van der Waals surface area contributed by atoms with E-state index in [2.05, 4.69) is 27.7 Å². The zero-order chi connectivity index (χ0) is 20.2. The molecule has 0 fully saturated rings. The highest BCUT2D eigenvalue weighted by Gasteiger charge is 2.22. The third-order valence-electron chi connectivity index (χ3n) is 4.80. The largest absolute Gasteiger partial charge is 0.353 e. The van der Waals surface area contributed by atoms with Crippen LogP contribution in [0.25, 0.3) is 0 Å². The quantitative estimate of drug-likeness (QED) is 0.483. The smallest absolute Gasteiger partial charge is 0.242 e. The zero-order valence-corrected chi connectivity index (χ0v) is 18.0. The summed E-state index contributed by atoms with van der Waals surface area (Å²) >= 11 is 0. The van der Waals surface area contributed by atoms with Gasteiger partial charge in [-0.05, 0) is 30.9 Å². The number of carbonyl (C=O) groups excluding carboxylic acids is 2. The van der Waals surface area contributed by atoms with E-state index in [4.69, 9.17) is 0 Å². The SMILES string of the molecule is CCCCCC(=O)N(CCCC)CC(=O)N(Cc1cccn1C)CC(C)C. The van der Waals surface area contributed by atoms with Gasteiger partial charge >= 0.3 is 0 Å². The summed E-state index contributed by atoms with van der Waals surface area (Å²) in [6, 6.07) is 4.05. The average molecular weight is 378 g/mol. The normalized spacial score (nSPS) is 11.0. The van der Waals surface area contributed by atoms with Crippen molar-refractivity contribution in [3.05, 3.63) is 24.0 Å². The predicted molar refractivity (Wildman–Crippen MR) is 111 cm³/mol. The van der Waals surface area contributed by atoms with Gasteiger partial charge in [0.25, 0.3) is 0 Å². The lowest BCUT2D eigenvalue weighted by molar-refractivity contribution is -0.141. The molecule has 1 rings (SSSR count). The van der Waals surface area contributed by atoms with Crippen molar-refractivity contribution in [3.63, 3.8) is 0 Å². The molecule has 154 valence electrons. The highest BCUT2D eigenvalue weighted by Crippen LogP contribution is 2.11. The van der Waals surface area contributed by atoms with Crippen LogP contribution in [-0.2, 0) is 23.2 Å². The predicted octanol–water partition coefficient (Wildman–Crippen LogP) is 4.22. The number of nitrogens with zero attached hydrogens (tertiary/aromatic N) is 3. The fraction of sp³-hybridized carbons (Fsp3) is 0.727. The maximum atomic E-state index is 13.0. The van der Waals surface area contributed by atoms with Gasteiger partial charge in [0.1, 0.15) is 0 Å². The van der Waals surface area contributed by atoms with Gasteiger partial charge in [0.05, 0.1) is 13.1 Å². The number of aryl methyl sites for hydroxylation is 1. The summed E-state index contributed by atoms with van der Waals surface area (Å²) in [6.07, 6.45) is 7.57. The Bertz CT molecular complexity index is 566. The van der Waals surface area contributed by atoms with Crippen molar-refractivity contribution in [2.24, 2.45) is 13.0 Å². The van der Waals surface area contributed by atoms with Crippen LogP contribution in [0.2, 0.25) is 0 Å². The molecule has 1 aromatic heterocycles. The van der Waals surface area contributed by atoms with Gasteiger partial charge in [0.15, 0.2) is 0 Å². The Kier molecular flexibility index (Phi) is 10.8. The summed E-state index contributed by atoms with van der Waals surface area (Å²) in [5.74, 6) is 0.553. The van der Waals surface area contributed by atoms with E-state index < -0.39 is 0 Å². The van der Waals surface area contributed by atoms with Crippen LogP contribution in [0.15, 0.2) is 18.3 Å². The first-order chi connectivity index (χ1) is 12.9. The minimum Gasteiger partial charge on any atom is -0.353 e. The van der Waals surface area contributed by atoms with E-state index in [1.807, 2.05) is 34.8 Å². The molecule has 0 unspecified atom stereocenters. The van der Waals surface area contributed by atoms with E-state index in [-0.39, 0.29) is 18.4 Å². The van der Waals surface area contributed by atoms with Gasteiger partial charge in [-0.3, -0.25) is 9.59 Å². The molecule has 0 saturated carbocycles. The van der Waals surface area contributed by atoms with Crippen molar-refractivity contribution < 1.29 is 9.59 Å². The number of amides is 2. The van der Waals surface area contributed by atoms with Crippen molar-refractivity contribution in [2.45, 2.75) is 72.8 Å². The van der Waals surface area contributed by atoms with E-state index in [0.717, 1.165) is 37.8 Å². The molecule has 0 spiro atoms. The summed E-state index contributed by atoms with van der Waals surface area (Å²) < 4.78 is 2.05. The molecule has 0 radical (unpaired) electrons. The van der Waals surface area contributed by atoms with E-state index in [0.29, 0.717) is 32.0 Å². The molecule has 0 aromatic carbocycles. The molecular formula is C22H39N3O2. The topological polar surface area (TPSA) is 45.6 Å². The minimum absolute atomic E-state index is 0.0462. The Morgan fingerprint density at radius 2 is 1.74 bits per heavy atom. The highest BCUT2D eigenvalue weighted by atomic mass is 16.2. The molecular weight excluding hydrogens is 338 g/mol. The second-order valence-corrected chi connectivity index (χ2v) is 7.90. The molecule has 5 heteroatoms. The Hall–Kier alpha value is -1.78. The summed E-state index contributed by atoms with van der Waals surface area (Å²) in [5.41, 5.74) is 1.11. The third kappa shape index (κ3) is 8.63. The van der Waals surface area contributed by atoms with Gasteiger partial charge in [-0.15, -0.1) is 0 Å².